The van der Waals surface area contributed by atoms with E-state index in [0.717, 1.165) is 23.5 Å². The second-order valence-electron chi connectivity index (χ2n) is 8.29. The maximum Gasteiger partial charge on any atom is 0.144 e. The Labute approximate surface area is 181 Å². The molecule has 2 aliphatic rings. The smallest absolute Gasteiger partial charge is 0.144 e. The molecule has 3 atom stereocenters. The van der Waals surface area contributed by atoms with Gasteiger partial charge < -0.3 is 10.2 Å². The van der Waals surface area contributed by atoms with E-state index in [9.17, 15) is 4.79 Å². The highest BCUT2D eigenvalue weighted by Gasteiger charge is 2.41. The first kappa shape index (κ1) is 19.1. The van der Waals surface area contributed by atoms with Crippen molar-refractivity contribution in [2.24, 2.45) is 10.9 Å². The summed E-state index contributed by atoms with van der Waals surface area (Å²) in [6.45, 7) is 0. The van der Waals surface area contributed by atoms with Gasteiger partial charge in [-0.1, -0.05) is 30.3 Å². The fourth-order valence-electron chi connectivity index (χ4n) is 4.58. The first-order chi connectivity index (χ1) is 14.6. The van der Waals surface area contributed by atoms with Crippen LogP contribution in [-0.2, 0) is 4.79 Å². The van der Waals surface area contributed by atoms with E-state index in [2.05, 4.69) is 58.1 Å². The fourth-order valence-corrected chi connectivity index (χ4v) is 5.40. The lowest BCUT2D eigenvalue weighted by atomic mass is 9.73. The topological polar surface area (TPSA) is 44.7 Å². The van der Waals surface area contributed by atoms with E-state index in [1.807, 2.05) is 32.3 Å². The molecule has 1 aromatic heterocycles. The van der Waals surface area contributed by atoms with E-state index < -0.39 is 0 Å². The molecule has 1 N–H and O–H groups in total. The molecular weight excluding hydrogens is 390 g/mol. The van der Waals surface area contributed by atoms with Gasteiger partial charge in [0.25, 0.3) is 0 Å². The SMILES string of the molecule is CN(C)c1ccc([C@@H]2CC(=O)C3C(=Nc4ccccc4N[C@@H]3c3cccs3)C2)cc1. The Morgan fingerprint density at radius 1 is 1.00 bits per heavy atom. The predicted octanol–water partition coefficient (Wildman–Crippen LogP) is 5.82. The molecule has 2 heterocycles. The number of fused-ring (bicyclic) bond motifs is 2. The number of nitrogens with one attached hydrogen (secondary N) is 1. The zero-order valence-corrected chi connectivity index (χ0v) is 18.0. The summed E-state index contributed by atoms with van der Waals surface area (Å²) in [5.41, 5.74) is 5.31. The summed E-state index contributed by atoms with van der Waals surface area (Å²) in [4.78, 5) is 21.8. The molecule has 3 aromatic rings. The van der Waals surface area contributed by atoms with Crippen molar-refractivity contribution in [1.82, 2.24) is 0 Å². The summed E-state index contributed by atoms with van der Waals surface area (Å²) in [6, 6.07) is 20.8. The summed E-state index contributed by atoms with van der Waals surface area (Å²) in [7, 11) is 4.08. The Morgan fingerprint density at radius 2 is 1.80 bits per heavy atom. The Balaban J connectivity index is 1.53. The highest BCUT2D eigenvalue weighted by atomic mass is 32.1. The highest BCUT2D eigenvalue weighted by Crippen LogP contribution is 2.44. The number of aliphatic imine (C=N–C) groups is 1. The third-order valence-corrected chi connectivity index (χ3v) is 7.11. The number of para-hydroxylation sites is 2. The zero-order valence-electron chi connectivity index (χ0n) is 17.2. The summed E-state index contributed by atoms with van der Waals surface area (Å²) in [5.74, 6) is 0.242. The number of hydrogen-bond donors (Lipinski definition) is 1. The van der Waals surface area contributed by atoms with E-state index in [1.54, 1.807) is 11.3 Å². The molecule has 0 spiro atoms. The molecule has 4 nitrogen and oxygen atoms in total. The number of hydrogen-bond acceptors (Lipinski definition) is 5. The van der Waals surface area contributed by atoms with Crippen LogP contribution in [0.1, 0.15) is 35.2 Å². The van der Waals surface area contributed by atoms with Crippen molar-refractivity contribution in [2.45, 2.75) is 24.8 Å². The third kappa shape index (κ3) is 3.43. The minimum absolute atomic E-state index is 0.0584. The quantitative estimate of drug-likeness (QED) is 0.586. The van der Waals surface area contributed by atoms with E-state index in [4.69, 9.17) is 4.99 Å². The molecule has 0 amide bonds. The van der Waals surface area contributed by atoms with Crippen LogP contribution in [0.25, 0.3) is 0 Å². The number of nitrogens with zero attached hydrogens (tertiary/aromatic N) is 2. The highest BCUT2D eigenvalue weighted by molar-refractivity contribution is 7.10. The van der Waals surface area contributed by atoms with Gasteiger partial charge in [-0.2, -0.15) is 0 Å². The number of carbonyl (C=O) groups excluding carboxylic acids is 1. The van der Waals surface area contributed by atoms with E-state index in [-0.39, 0.29) is 23.7 Å². The molecule has 1 aliphatic heterocycles. The number of rotatable bonds is 3. The van der Waals surface area contributed by atoms with Gasteiger partial charge in [-0.15, -0.1) is 11.3 Å². The van der Waals surface area contributed by atoms with Gasteiger partial charge in [0.1, 0.15) is 5.78 Å². The third-order valence-electron chi connectivity index (χ3n) is 6.15. The number of anilines is 2. The van der Waals surface area contributed by atoms with Crippen LogP contribution in [0.2, 0.25) is 0 Å². The van der Waals surface area contributed by atoms with Crippen molar-refractivity contribution in [2.75, 3.05) is 24.3 Å². The molecule has 1 aliphatic carbocycles. The van der Waals surface area contributed by atoms with E-state index >= 15 is 0 Å². The lowest BCUT2D eigenvalue weighted by molar-refractivity contribution is -0.122. The average molecular weight is 416 g/mol. The van der Waals surface area contributed by atoms with E-state index in [0.29, 0.717) is 6.42 Å². The lowest BCUT2D eigenvalue weighted by Crippen LogP contribution is -2.38. The minimum Gasteiger partial charge on any atom is -0.378 e. The van der Waals surface area contributed by atoms with Crippen LogP contribution >= 0.6 is 11.3 Å². The lowest BCUT2D eigenvalue weighted by Gasteiger charge is -2.33. The second-order valence-corrected chi connectivity index (χ2v) is 9.27. The van der Waals surface area contributed by atoms with Crippen LogP contribution in [-0.4, -0.2) is 25.6 Å². The Hall–Kier alpha value is -2.92. The molecule has 1 saturated carbocycles. The van der Waals surface area contributed by atoms with Crippen molar-refractivity contribution in [3.8, 4) is 0 Å². The van der Waals surface area contributed by atoms with E-state index in [1.165, 1.54) is 16.1 Å². The van der Waals surface area contributed by atoms with Gasteiger partial charge in [0.2, 0.25) is 0 Å². The van der Waals surface area contributed by atoms with Crippen molar-refractivity contribution < 1.29 is 4.79 Å². The number of carbonyl (C=O) groups is 1. The minimum atomic E-state index is -0.214. The molecule has 1 fully saturated rings. The monoisotopic (exact) mass is 415 g/mol. The van der Waals surface area contributed by atoms with Gasteiger partial charge in [0.15, 0.2) is 0 Å². The molecule has 0 bridgehead atoms. The van der Waals surface area contributed by atoms with Crippen LogP contribution in [0.15, 0.2) is 71.0 Å². The predicted molar refractivity (Wildman–Crippen MR) is 125 cm³/mol. The van der Waals surface area contributed by atoms with Gasteiger partial charge in [0, 0.05) is 36.8 Å². The Morgan fingerprint density at radius 3 is 2.53 bits per heavy atom. The first-order valence-electron chi connectivity index (χ1n) is 10.4. The normalized spacial score (nSPS) is 22.9. The number of Topliss-reactive ketones (excluding diaryl/α,β-unsaturated/α-hetero) is 1. The standard InChI is InChI=1S/C25H25N3OS/c1-28(2)18-11-9-16(10-12-18)17-14-21-24(22(29)15-17)25(23-8-5-13-30-23)27-20-7-4-3-6-19(20)26-21/h3-13,17,24-25,27H,14-15H2,1-2H3/t17-,24?,25+/m0/s1. The van der Waals surface area contributed by atoms with Crippen LogP contribution < -0.4 is 10.2 Å². The molecule has 0 saturated heterocycles. The molecule has 152 valence electrons. The van der Waals surface area contributed by atoms with Crippen molar-refractivity contribution in [3.05, 3.63) is 76.5 Å². The van der Waals surface area contributed by atoms with Gasteiger partial charge in [-0.25, -0.2) is 0 Å². The van der Waals surface area contributed by atoms with Crippen molar-refractivity contribution in [1.29, 1.82) is 0 Å². The maximum absolute atomic E-state index is 13.5. The first-order valence-corrected chi connectivity index (χ1v) is 11.2. The largest absolute Gasteiger partial charge is 0.378 e. The van der Waals surface area contributed by atoms with Crippen LogP contribution in [0.5, 0.6) is 0 Å². The van der Waals surface area contributed by atoms with Crippen molar-refractivity contribution >= 4 is 39.9 Å². The summed E-state index contributed by atoms with van der Waals surface area (Å²) >= 11 is 1.70. The van der Waals surface area contributed by atoms with Crippen LogP contribution in [0.3, 0.4) is 0 Å². The van der Waals surface area contributed by atoms with Gasteiger partial charge in [-0.3, -0.25) is 9.79 Å². The maximum atomic E-state index is 13.5. The molecular formula is C25H25N3OS. The molecule has 5 rings (SSSR count). The summed E-state index contributed by atoms with van der Waals surface area (Å²) < 4.78 is 0. The Kier molecular flexibility index (Phi) is 4.91. The number of benzene rings is 2. The molecule has 1 unspecified atom stereocenters. The van der Waals surface area contributed by atoms with Crippen LogP contribution in [0, 0.1) is 5.92 Å². The van der Waals surface area contributed by atoms with Crippen LogP contribution in [0.4, 0.5) is 17.1 Å². The molecule has 2 aromatic carbocycles. The van der Waals surface area contributed by atoms with Gasteiger partial charge >= 0.3 is 0 Å². The Bertz CT molecular complexity index is 1090. The average Bonchev–Trinajstić information content (AvgIpc) is 3.22. The molecule has 30 heavy (non-hydrogen) atoms. The molecule has 5 heteroatoms. The fraction of sp³-hybridized carbons (Fsp3) is 0.280. The second kappa shape index (κ2) is 7.73. The zero-order chi connectivity index (χ0) is 20.7. The van der Waals surface area contributed by atoms with Gasteiger partial charge in [0.05, 0.1) is 23.3 Å². The number of thiophene rings is 1. The molecule has 0 radical (unpaired) electrons. The summed E-state index contributed by atoms with van der Waals surface area (Å²) in [6.07, 6.45) is 1.38. The van der Waals surface area contributed by atoms with Gasteiger partial charge in [-0.05, 0) is 53.6 Å². The summed E-state index contributed by atoms with van der Waals surface area (Å²) in [5, 5.41) is 5.71. The number of ketones is 1. The van der Waals surface area contributed by atoms with Crippen molar-refractivity contribution in [3.63, 3.8) is 0 Å².